The van der Waals surface area contributed by atoms with E-state index in [0.717, 1.165) is 11.3 Å². The lowest BCUT2D eigenvalue weighted by molar-refractivity contribution is -0.135. The van der Waals surface area contributed by atoms with Crippen LogP contribution in [0.2, 0.25) is 0 Å². The summed E-state index contributed by atoms with van der Waals surface area (Å²) < 4.78 is 41.5. The van der Waals surface area contributed by atoms with E-state index >= 15 is 0 Å². The summed E-state index contributed by atoms with van der Waals surface area (Å²) in [6, 6.07) is 7.49. The Morgan fingerprint density at radius 2 is 2.14 bits per heavy atom. The normalized spacial score (nSPS) is 13.1. The number of hydrogen-bond donors (Lipinski definition) is 1. The van der Waals surface area contributed by atoms with Crippen LogP contribution >= 0.6 is 0 Å². The molecule has 0 saturated carbocycles. The number of halogens is 3. The van der Waals surface area contributed by atoms with Crippen LogP contribution < -0.4 is 5.32 Å². The van der Waals surface area contributed by atoms with E-state index in [-0.39, 0.29) is 12.5 Å². The van der Waals surface area contributed by atoms with Crippen molar-refractivity contribution in [3.05, 3.63) is 36.9 Å². The zero-order valence-corrected chi connectivity index (χ0v) is 11.7. The Balaban J connectivity index is 1.89. The molecule has 6 heteroatoms. The smallest absolute Gasteiger partial charge is 0.389 e. The minimum absolute atomic E-state index is 0.0303. The van der Waals surface area contributed by atoms with E-state index in [0.29, 0.717) is 12.2 Å². The first-order chi connectivity index (χ1) is 9.94. The molecule has 0 radical (unpaired) electrons. The Labute approximate surface area is 121 Å². The number of oxazole rings is 1. The number of rotatable bonds is 6. The maximum absolute atomic E-state index is 12.1. The molecule has 0 amide bonds. The molecule has 3 nitrogen and oxygen atoms in total. The van der Waals surface area contributed by atoms with Crippen molar-refractivity contribution < 1.29 is 17.6 Å². The van der Waals surface area contributed by atoms with Crippen LogP contribution in [-0.2, 0) is 0 Å². The van der Waals surface area contributed by atoms with Gasteiger partial charge in [0.1, 0.15) is 0 Å². The van der Waals surface area contributed by atoms with E-state index in [4.69, 9.17) is 4.42 Å². The van der Waals surface area contributed by atoms with Crippen LogP contribution in [0.3, 0.4) is 0 Å². The highest BCUT2D eigenvalue weighted by Crippen LogP contribution is 2.25. The topological polar surface area (TPSA) is 38.1 Å². The van der Waals surface area contributed by atoms with Crippen molar-refractivity contribution in [1.29, 1.82) is 0 Å². The molecule has 2 rings (SSSR count). The zero-order chi connectivity index (χ0) is 15.3. The van der Waals surface area contributed by atoms with Crippen LogP contribution in [0.4, 0.5) is 18.9 Å². The molecular weight excluding hydrogens is 281 g/mol. The molecule has 1 unspecified atom stereocenters. The summed E-state index contributed by atoms with van der Waals surface area (Å²) in [6.45, 7) is 1.87. The predicted octanol–water partition coefficient (Wildman–Crippen LogP) is 4.87. The molecule has 0 aliphatic rings. The average molecular weight is 298 g/mol. The van der Waals surface area contributed by atoms with Gasteiger partial charge in [0.05, 0.1) is 6.20 Å². The van der Waals surface area contributed by atoms with Gasteiger partial charge in [0.2, 0.25) is 0 Å². The number of benzene rings is 1. The summed E-state index contributed by atoms with van der Waals surface area (Å²) in [6.07, 6.45) is -1.25. The first-order valence-electron chi connectivity index (χ1n) is 6.76. The fraction of sp³-hybridized carbons (Fsp3) is 0.400. The van der Waals surface area contributed by atoms with Crippen molar-refractivity contribution in [3.63, 3.8) is 0 Å². The lowest BCUT2D eigenvalue weighted by Crippen LogP contribution is -2.16. The van der Waals surface area contributed by atoms with Crippen molar-refractivity contribution in [2.45, 2.75) is 38.4 Å². The third-order valence-corrected chi connectivity index (χ3v) is 3.09. The molecule has 0 bridgehead atoms. The summed E-state index contributed by atoms with van der Waals surface area (Å²) >= 11 is 0. The quantitative estimate of drug-likeness (QED) is 0.826. The number of anilines is 1. The molecule has 1 atom stereocenters. The summed E-state index contributed by atoms with van der Waals surface area (Å²) in [5.74, 6) is 0.656. The number of hydrogen-bond acceptors (Lipinski definition) is 3. The van der Waals surface area contributed by atoms with Crippen LogP contribution in [0.15, 0.2) is 41.3 Å². The zero-order valence-electron chi connectivity index (χ0n) is 11.7. The fourth-order valence-electron chi connectivity index (χ4n) is 2.09. The fourth-order valence-corrected chi connectivity index (χ4v) is 2.09. The lowest BCUT2D eigenvalue weighted by Gasteiger charge is -2.16. The maximum Gasteiger partial charge on any atom is 0.389 e. The highest BCUT2D eigenvalue weighted by Gasteiger charge is 2.26. The number of nitrogens with one attached hydrogen (secondary N) is 1. The van der Waals surface area contributed by atoms with E-state index in [1.165, 1.54) is 6.39 Å². The Morgan fingerprint density at radius 3 is 2.81 bits per heavy atom. The Morgan fingerprint density at radius 1 is 1.33 bits per heavy atom. The van der Waals surface area contributed by atoms with Crippen molar-refractivity contribution in [2.75, 3.05) is 5.32 Å². The minimum atomic E-state index is -4.08. The van der Waals surface area contributed by atoms with Gasteiger partial charge in [-0.2, -0.15) is 13.2 Å². The SMILES string of the molecule is CC(CCCC(F)(F)F)Nc1cccc(-c2cnco2)c1. The van der Waals surface area contributed by atoms with Gasteiger partial charge in [0, 0.05) is 23.7 Å². The lowest BCUT2D eigenvalue weighted by atomic mass is 10.1. The Bertz CT molecular complexity index is 552. The molecule has 0 saturated heterocycles. The van der Waals surface area contributed by atoms with Crippen LogP contribution in [0.5, 0.6) is 0 Å². The summed E-state index contributed by atoms with van der Waals surface area (Å²) in [5, 5.41) is 3.20. The first-order valence-corrected chi connectivity index (χ1v) is 6.76. The molecule has 1 aromatic carbocycles. The van der Waals surface area contributed by atoms with Crippen LogP contribution in [-0.4, -0.2) is 17.2 Å². The van der Waals surface area contributed by atoms with Gasteiger partial charge >= 0.3 is 6.18 Å². The molecule has 1 aromatic heterocycles. The summed E-state index contributed by atoms with van der Waals surface area (Å²) in [7, 11) is 0. The number of nitrogens with zero attached hydrogens (tertiary/aromatic N) is 1. The highest BCUT2D eigenvalue weighted by atomic mass is 19.4. The van der Waals surface area contributed by atoms with E-state index in [2.05, 4.69) is 10.3 Å². The van der Waals surface area contributed by atoms with Gasteiger partial charge in [-0.3, -0.25) is 0 Å². The monoisotopic (exact) mass is 298 g/mol. The summed E-state index contributed by atoms with van der Waals surface area (Å²) in [5.41, 5.74) is 1.73. The van der Waals surface area contributed by atoms with E-state index in [9.17, 15) is 13.2 Å². The standard InChI is InChI=1S/C15H17F3N2O/c1-11(4-3-7-15(16,17)18)20-13-6-2-5-12(8-13)14-9-19-10-21-14/h2,5-6,8-11,20H,3-4,7H2,1H3. The molecule has 0 spiro atoms. The Kier molecular flexibility index (Phi) is 4.88. The predicted molar refractivity (Wildman–Crippen MR) is 74.9 cm³/mol. The van der Waals surface area contributed by atoms with Gasteiger partial charge in [-0.05, 0) is 31.9 Å². The molecule has 114 valence electrons. The molecule has 1 heterocycles. The Hall–Kier alpha value is -1.98. The average Bonchev–Trinajstić information content (AvgIpc) is 2.91. The van der Waals surface area contributed by atoms with E-state index < -0.39 is 12.6 Å². The van der Waals surface area contributed by atoms with Crippen molar-refractivity contribution in [1.82, 2.24) is 4.98 Å². The molecule has 0 aliphatic heterocycles. The molecule has 0 aliphatic carbocycles. The van der Waals surface area contributed by atoms with Gasteiger partial charge in [0.25, 0.3) is 0 Å². The van der Waals surface area contributed by atoms with Crippen molar-refractivity contribution >= 4 is 5.69 Å². The second-order valence-corrected chi connectivity index (χ2v) is 5.00. The maximum atomic E-state index is 12.1. The number of alkyl halides is 3. The largest absolute Gasteiger partial charge is 0.444 e. The molecule has 1 N–H and O–H groups in total. The van der Waals surface area contributed by atoms with Crippen LogP contribution in [0.25, 0.3) is 11.3 Å². The van der Waals surface area contributed by atoms with E-state index in [1.807, 2.05) is 31.2 Å². The first kappa shape index (κ1) is 15.4. The number of aromatic nitrogens is 1. The van der Waals surface area contributed by atoms with Crippen LogP contribution in [0.1, 0.15) is 26.2 Å². The summed E-state index contributed by atoms with van der Waals surface area (Å²) in [4.78, 5) is 3.86. The highest BCUT2D eigenvalue weighted by molar-refractivity contribution is 5.63. The molecule has 2 aromatic rings. The van der Waals surface area contributed by atoms with Gasteiger partial charge in [0.15, 0.2) is 12.2 Å². The van der Waals surface area contributed by atoms with Gasteiger partial charge in [-0.25, -0.2) is 4.98 Å². The van der Waals surface area contributed by atoms with Gasteiger partial charge in [-0.15, -0.1) is 0 Å². The molecule has 0 fully saturated rings. The van der Waals surface area contributed by atoms with E-state index in [1.54, 1.807) is 6.20 Å². The molecular formula is C15H17F3N2O. The van der Waals surface area contributed by atoms with Crippen molar-refractivity contribution in [2.24, 2.45) is 0 Å². The van der Waals surface area contributed by atoms with Crippen LogP contribution in [0, 0.1) is 0 Å². The second-order valence-electron chi connectivity index (χ2n) is 5.00. The second kappa shape index (κ2) is 6.65. The van der Waals surface area contributed by atoms with Gasteiger partial charge < -0.3 is 9.73 Å². The molecule has 21 heavy (non-hydrogen) atoms. The third-order valence-electron chi connectivity index (χ3n) is 3.09. The minimum Gasteiger partial charge on any atom is -0.444 e. The third kappa shape index (κ3) is 5.13. The van der Waals surface area contributed by atoms with Crippen molar-refractivity contribution in [3.8, 4) is 11.3 Å². The van der Waals surface area contributed by atoms with Gasteiger partial charge in [-0.1, -0.05) is 12.1 Å².